The molecule has 0 aliphatic carbocycles. The second kappa shape index (κ2) is 14.7. The van der Waals surface area contributed by atoms with Crippen molar-refractivity contribution in [3.05, 3.63) is 108 Å². The van der Waals surface area contributed by atoms with E-state index in [9.17, 15) is 4.79 Å². The van der Waals surface area contributed by atoms with Gasteiger partial charge >= 0.3 is 0 Å². The Kier molecular flexibility index (Phi) is 10.1. The number of thioether (sulfide) groups is 1. The van der Waals surface area contributed by atoms with Gasteiger partial charge in [0.05, 0.1) is 33.3 Å². The number of hydrogen-bond donors (Lipinski definition) is 1. The van der Waals surface area contributed by atoms with Gasteiger partial charge in [-0.2, -0.15) is 5.10 Å². The molecular formula is C33H31N5O5S. The lowest BCUT2D eigenvalue weighted by molar-refractivity contribution is -0.118. The second-order valence-electron chi connectivity index (χ2n) is 9.33. The maximum absolute atomic E-state index is 12.7. The average molecular weight is 610 g/mol. The molecule has 0 unspecified atom stereocenters. The van der Waals surface area contributed by atoms with Gasteiger partial charge in [-0.25, -0.2) is 5.43 Å². The first-order chi connectivity index (χ1) is 21.6. The largest absolute Gasteiger partial charge is 0.497 e. The highest BCUT2D eigenvalue weighted by Crippen LogP contribution is 2.30. The Morgan fingerprint density at radius 3 is 2.23 bits per heavy atom. The molecule has 0 radical (unpaired) electrons. The van der Waals surface area contributed by atoms with Gasteiger partial charge in [0.15, 0.2) is 22.5 Å². The van der Waals surface area contributed by atoms with Gasteiger partial charge in [0.2, 0.25) is 0 Å². The molecule has 0 aliphatic heterocycles. The van der Waals surface area contributed by atoms with Crippen LogP contribution in [-0.2, 0) is 11.4 Å². The van der Waals surface area contributed by atoms with Crippen LogP contribution in [0.4, 0.5) is 0 Å². The zero-order valence-electron chi connectivity index (χ0n) is 24.5. The van der Waals surface area contributed by atoms with Crippen LogP contribution < -0.4 is 24.4 Å². The smallest absolute Gasteiger partial charge is 0.250 e. The van der Waals surface area contributed by atoms with Crippen LogP contribution in [0.1, 0.15) is 11.1 Å². The second-order valence-corrected chi connectivity index (χ2v) is 10.3. The van der Waals surface area contributed by atoms with E-state index in [0.717, 1.165) is 33.9 Å². The van der Waals surface area contributed by atoms with E-state index in [-0.39, 0.29) is 11.7 Å². The topological polar surface area (TPSA) is 109 Å². The van der Waals surface area contributed by atoms with Gasteiger partial charge in [-0.3, -0.25) is 9.36 Å². The van der Waals surface area contributed by atoms with Crippen molar-refractivity contribution in [2.45, 2.75) is 11.8 Å². The number of aromatic nitrogens is 3. The van der Waals surface area contributed by atoms with Crippen molar-refractivity contribution in [3.8, 4) is 40.1 Å². The average Bonchev–Trinajstić information content (AvgIpc) is 3.51. The van der Waals surface area contributed by atoms with E-state index in [1.807, 2.05) is 95.6 Å². The number of rotatable bonds is 13. The maximum atomic E-state index is 12.7. The lowest BCUT2D eigenvalue weighted by atomic mass is 10.2. The molecule has 11 heteroatoms. The van der Waals surface area contributed by atoms with Gasteiger partial charge in [0.25, 0.3) is 5.91 Å². The van der Waals surface area contributed by atoms with Crippen LogP contribution >= 0.6 is 11.8 Å². The summed E-state index contributed by atoms with van der Waals surface area (Å²) in [5.74, 6) is 3.05. The fraction of sp³-hybridized carbons (Fsp3) is 0.152. The van der Waals surface area contributed by atoms with Crippen molar-refractivity contribution >= 4 is 23.9 Å². The first kappa shape index (κ1) is 30.2. The Labute approximate surface area is 259 Å². The summed E-state index contributed by atoms with van der Waals surface area (Å²) in [4.78, 5) is 12.7. The van der Waals surface area contributed by atoms with Crippen molar-refractivity contribution in [2.75, 3.05) is 27.1 Å². The molecular weight excluding hydrogens is 578 g/mol. The van der Waals surface area contributed by atoms with E-state index in [0.29, 0.717) is 29.1 Å². The lowest BCUT2D eigenvalue weighted by Gasteiger charge is -2.11. The minimum Gasteiger partial charge on any atom is -0.497 e. The summed E-state index contributed by atoms with van der Waals surface area (Å²) in [6, 6.07) is 30.4. The van der Waals surface area contributed by atoms with E-state index in [1.165, 1.54) is 11.8 Å². The Morgan fingerprint density at radius 2 is 1.55 bits per heavy atom. The molecule has 0 saturated heterocycles. The van der Waals surface area contributed by atoms with Crippen molar-refractivity contribution < 1.29 is 23.7 Å². The molecule has 0 bridgehead atoms. The van der Waals surface area contributed by atoms with Crippen molar-refractivity contribution in [2.24, 2.45) is 5.10 Å². The Bertz CT molecular complexity index is 1710. The highest BCUT2D eigenvalue weighted by atomic mass is 32.2. The van der Waals surface area contributed by atoms with Crippen LogP contribution in [0.15, 0.2) is 107 Å². The summed E-state index contributed by atoms with van der Waals surface area (Å²) < 4.78 is 23.9. The predicted octanol–water partition coefficient (Wildman–Crippen LogP) is 5.78. The van der Waals surface area contributed by atoms with Crippen molar-refractivity contribution in [1.82, 2.24) is 20.2 Å². The van der Waals surface area contributed by atoms with Gasteiger partial charge in [-0.1, -0.05) is 42.1 Å². The van der Waals surface area contributed by atoms with Crippen molar-refractivity contribution in [1.29, 1.82) is 0 Å². The molecule has 0 atom stereocenters. The van der Waals surface area contributed by atoms with Crippen LogP contribution in [0.3, 0.4) is 0 Å². The predicted molar refractivity (Wildman–Crippen MR) is 170 cm³/mol. The third kappa shape index (κ3) is 7.56. The summed E-state index contributed by atoms with van der Waals surface area (Å²) in [6.45, 7) is 0.396. The van der Waals surface area contributed by atoms with Crippen LogP contribution in [0, 0.1) is 0 Å². The third-order valence-electron chi connectivity index (χ3n) is 6.47. The highest BCUT2D eigenvalue weighted by Gasteiger charge is 2.18. The summed E-state index contributed by atoms with van der Waals surface area (Å²) in [7, 11) is 4.83. The van der Waals surface area contributed by atoms with Gasteiger partial charge in [0.1, 0.15) is 18.1 Å². The molecule has 5 rings (SSSR count). The number of nitrogens with one attached hydrogen (secondary N) is 1. The highest BCUT2D eigenvalue weighted by molar-refractivity contribution is 7.99. The van der Waals surface area contributed by atoms with E-state index in [2.05, 4.69) is 20.7 Å². The Morgan fingerprint density at radius 1 is 0.841 bits per heavy atom. The van der Waals surface area contributed by atoms with Gasteiger partial charge in [-0.05, 0) is 77.9 Å². The van der Waals surface area contributed by atoms with E-state index < -0.39 is 0 Å². The third-order valence-corrected chi connectivity index (χ3v) is 7.40. The molecule has 1 N–H and O–H groups in total. The van der Waals surface area contributed by atoms with Crippen LogP contribution in [0.25, 0.3) is 17.1 Å². The summed E-state index contributed by atoms with van der Waals surface area (Å²) >= 11 is 1.25. The molecule has 0 aliphatic rings. The first-order valence-corrected chi connectivity index (χ1v) is 14.6. The maximum Gasteiger partial charge on any atom is 0.250 e. The van der Waals surface area contributed by atoms with E-state index in [1.54, 1.807) is 33.6 Å². The number of methoxy groups -OCH3 is 3. The Hall–Kier alpha value is -5.29. The number of hydrogen-bond acceptors (Lipinski definition) is 9. The number of carbonyl (C=O) groups excluding carboxylic acids is 1. The van der Waals surface area contributed by atoms with Crippen LogP contribution in [-0.4, -0.2) is 54.0 Å². The summed E-state index contributed by atoms with van der Waals surface area (Å²) in [5, 5.41) is 13.5. The molecule has 1 aromatic heterocycles. The molecule has 1 heterocycles. The molecule has 0 saturated carbocycles. The molecule has 0 fully saturated rings. The molecule has 0 spiro atoms. The molecule has 5 aromatic rings. The number of carbonyl (C=O) groups is 1. The number of ether oxygens (including phenoxy) is 4. The monoisotopic (exact) mass is 609 g/mol. The Balaban J connectivity index is 1.26. The van der Waals surface area contributed by atoms with Crippen molar-refractivity contribution in [3.63, 3.8) is 0 Å². The normalized spacial score (nSPS) is 10.9. The summed E-state index contributed by atoms with van der Waals surface area (Å²) in [5.41, 5.74) is 6.04. The van der Waals surface area contributed by atoms with E-state index >= 15 is 0 Å². The fourth-order valence-corrected chi connectivity index (χ4v) is 4.96. The zero-order chi connectivity index (χ0) is 30.7. The number of benzene rings is 4. The SMILES string of the molecule is COc1ccc(-c2nnc(SCC(=O)N/N=C/c3ccc(OC)c(OCc4ccccc4)c3)n2-c2ccc(OC)cc2)cc1. The molecule has 224 valence electrons. The number of hydrazone groups is 1. The standard InChI is InChI=1S/C33H31N5O5S/c1-40-27-14-10-25(11-15-27)32-36-37-33(38(32)26-12-16-28(41-2)17-13-26)44-22-31(39)35-34-20-24-9-18-29(42-3)30(19-24)43-21-23-7-5-4-6-8-23/h4-20H,21-22H2,1-3H3,(H,35,39)/b34-20+. The van der Waals surface area contributed by atoms with Crippen LogP contribution in [0.2, 0.25) is 0 Å². The minimum atomic E-state index is -0.296. The first-order valence-electron chi connectivity index (χ1n) is 13.6. The van der Waals surface area contributed by atoms with Gasteiger partial charge in [0, 0.05) is 11.3 Å². The molecule has 44 heavy (non-hydrogen) atoms. The lowest BCUT2D eigenvalue weighted by Crippen LogP contribution is -2.20. The van der Waals surface area contributed by atoms with E-state index in [4.69, 9.17) is 18.9 Å². The minimum absolute atomic E-state index is 0.0717. The summed E-state index contributed by atoms with van der Waals surface area (Å²) in [6.07, 6.45) is 1.55. The zero-order valence-corrected chi connectivity index (χ0v) is 25.3. The molecule has 1 amide bonds. The quantitative estimate of drug-likeness (QED) is 0.102. The fourth-order valence-electron chi connectivity index (χ4n) is 4.22. The molecule has 4 aromatic carbocycles. The van der Waals surface area contributed by atoms with Crippen LogP contribution in [0.5, 0.6) is 23.0 Å². The number of amides is 1. The van der Waals surface area contributed by atoms with Gasteiger partial charge < -0.3 is 18.9 Å². The molecule has 10 nitrogen and oxygen atoms in total. The number of nitrogens with zero attached hydrogens (tertiary/aromatic N) is 4. The van der Waals surface area contributed by atoms with Gasteiger partial charge in [-0.15, -0.1) is 10.2 Å².